The van der Waals surface area contributed by atoms with E-state index in [0.717, 1.165) is 80.1 Å². The Hall–Kier alpha value is -0.930. The lowest BCUT2D eigenvalue weighted by molar-refractivity contribution is -0.908. The summed E-state index contributed by atoms with van der Waals surface area (Å²) < 4.78 is 11.7. The van der Waals surface area contributed by atoms with Gasteiger partial charge in [-0.15, -0.1) is 11.3 Å². The molecule has 2 aromatic rings. The third-order valence-corrected chi connectivity index (χ3v) is 8.35. The van der Waals surface area contributed by atoms with Crippen molar-refractivity contribution in [1.82, 2.24) is 9.97 Å². The zero-order valence-corrected chi connectivity index (χ0v) is 20.1. The van der Waals surface area contributed by atoms with Gasteiger partial charge in [-0.2, -0.15) is 0 Å². The van der Waals surface area contributed by atoms with Gasteiger partial charge in [0.15, 0.2) is 5.16 Å². The Balaban J connectivity index is 1.54. The highest BCUT2D eigenvalue weighted by molar-refractivity contribution is 7.99. The second-order valence-electron chi connectivity index (χ2n) is 8.55. The second kappa shape index (κ2) is 10.1. The molecule has 6 nitrogen and oxygen atoms in total. The number of thioether (sulfide) groups is 1. The van der Waals surface area contributed by atoms with Crippen molar-refractivity contribution < 1.29 is 14.4 Å². The fourth-order valence-electron chi connectivity index (χ4n) is 4.12. The van der Waals surface area contributed by atoms with Gasteiger partial charge in [0, 0.05) is 30.0 Å². The van der Waals surface area contributed by atoms with E-state index >= 15 is 0 Å². The van der Waals surface area contributed by atoms with Gasteiger partial charge in [0.25, 0.3) is 0 Å². The largest absolute Gasteiger partial charge is 0.370 e. The van der Waals surface area contributed by atoms with Crippen molar-refractivity contribution in [3.8, 4) is 0 Å². The van der Waals surface area contributed by atoms with Crippen LogP contribution in [0, 0.1) is 0 Å². The van der Waals surface area contributed by atoms with Crippen LogP contribution in [0.1, 0.15) is 50.5 Å². The minimum Gasteiger partial charge on any atom is -0.370 e. The Bertz CT molecular complexity index is 853. The number of anilines is 1. The molecular weight excluding hydrogens is 416 g/mol. The zero-order valence-electron chi connectivity index (χ0n) is 18.5. The number of hydrogen-bond acceptors (Lipinski definition) is 7. The first-order chi connectivity index (χ1) is 14.6. The third-order valence-electron chi connectivity index (χ3n) is 6.20. The molecule has 4 heterocycles. The van der Waals surface area contributed by atoms with Gasteiger partial charge in [-0.3, -0.25) is 0 Å². The van der Waals surface area contributed by atoms with Crippen molar-refractivity contribution in [3.05, 3.63) is 10.4 Å². The summed E-state index contributed by atoms with van der Waals surface area (Å²) in [4.78, 5) is 14.0. The standard InChI is InChI=1S/C22H34N4O2S2/c1-4-13-29-21-24-19(23-7-6-8-26-9-11-27-12-10-26)18-16-14-22(3,5-2)28-15-17(16)30-20(18)25-21/h4-15H2,1-3H3,(H,23,24,25)/p+1/t22-/m1/s1. The fourth-order valence-corrected chi connectivity index (χ4v) is 5.98. The summed E-state index contributed by atoms with van der Waals surface area (Å²) >= 11 is 3.54. The molecule has 0 radical (unpaired) electrons. The van der Waals surface area contributed by atoms with E-state index in [1.165, 1.54) is 22.4 Å². The number of ether oxygens (including phenoxy) is 2. The van der Waals surface area contributed by atoms with E-state index < -0.39 is 0 Å². The number of nitrogens with zero attached hydrogens (tertiary/aromatic N) is 2. The molecule has 0 saturated carbocycles. The molecule has 0 spiro atoms. The summed E-state index contributed by atoms with van der Waals surface area (Å²) in [6, 6.07) is 0. The molecule has 30 heavy (non-hydrogen) atoms. The van der Waals surface area contributed by atoms with Gasteiger partial charge >= 0.3 is 0 Å². The van der Waals surface area contributed by atoms with Gasteiger partial charge < -0.3 is 19.7 Å². The van der Waals surface area contributed by atoms with E-state index in [2.05, 4.69) is 26.1 Å². The summed E-state index contributed by atoms with van der Waals surface area (Å²) in [5.41, 5.74) is 1.31. The minimum absolute atomic E-state index is 0.0897. The third kappa shape index (κ3) is 5.10. The average molecular weight is 452 g/mol. The lowest BCUT2D eigenvalue weighted by atomic mass is 9.90. The van der Waals surface area contributed by atoms with E-state index in [4.69, 9.17) is 19.4 Å². The van der Waals surface area contributed by atoms with Crippen LogP contribution in [-0.2, 0) is 22.5 Å². The highest BCUT2D eigenvalue weighted by Gasteiger charge is 2.33. The lowest BCUT2D eigenvalue weighted by Crippen LogP contribution is -3.14. The van der Waals surface area contributed by atoms with Crippen LogP contribution >= 0.6 is 23.1 Å². The molecule has 0 aliphatic carbocycles. The molecule has 2 aliphatic rings. The summed E-state index contributed by atoms with van der Waals surface area (Å²) in [6.07, 6.45) is 4.22. The Morgan fingerprint density at radius 1 is 1.23 bits per heavy atom. The van der Waals surface area contributed by atoms with Crippen molar-refractivity contribution in [2.45, 2.75) is 63.8 Å². The van der Waals surface area contributed by atoms with Gasteiger partial charge in [0.05, 0.1) is 37.4 Å². The quantitative estimate of drug-likeness (QED) is 0.347. The molecule has 1 atom stereocenters. The van der Waals surface area contributed by atoms with E-state index in [0.29, 0.717) is 6.61 Å². The number of thiophene rings is 1. The van der Waals surface area contributed by atoms with E-state index in [9.17, 15) is 0 Å². The molecule has 0 aromatic carbocycles. The van der Waals surface area contributed by atoms with Gasteiger partial charge in [-0.25, -0.2) is 9.97 Å². The Kier molecular flexibility index (Phi) is 7.52. The Labute approximate surface area is 188 Å². The Morgan fingerprint density at radius 2 is 2.07 bits per heavy atom. The number of morpholine rings is 1. The summed E-state index contributed by atoms with van der Waals surface area (Å²) in [5, 5.41) is 5.81. The van der Waals surface area contributed by atoms with Crippen LogP contribution in [0.3, 0.4) is 0 Å². The Morgan fingerprint density at radius 3 is 2.83 bits per heavy atom. The predicted octanol–water partition coefficient (Wildman–Crippen LogP) is 3.15. The molecule has 0 bridgehead atoms. The van der Waals surface area contributed by atoms with Gasteiger partial charge in [-0.05, 0) is 25.3 Å². The van der Waals surface area contributed by atoms with Crippen molar-refractivity contribution >= 4 is 39.1 Å². The van der Waals surface area contributed by atoms with Crippen LogP contribution in [0.15, 0.2) is 5.16 Å². The molecule has 166 valence electrons. The topological polar surface area (TPSA) is 60.7 Å². The highest BCUT2D eigenvalue weighted by Crippen LogP contribution is 2.42. The molecule has 0 amide bonds. The normalized spacial score (nSPS) is 22.4. The van der Waals surface area contributed by atoms with Crippen LogP contribution in [0.5, 0.6) is 0 Å². The van der Waals surface area contributed by atoms with E-state index in [1.54, 1.807) is 28.0 Å². The first-order valence-electron chi connectivity index (χ1n) is 11.4. The predicted molar refractivity (Wildman–Crippen MR) is 125 cm³/mol. The number of hydrogen-bond donors (Lipinski definition) is 2. The zero-order chi connectivity index (χ0) is 21.0. The second-order valence-corrected chi connectivity index (χ2v) is 10.7. The molecule has 2 N–H and O–H groups in total. The van der Waals surface area contributed by atoms with Crippen LogP contribution in [0.4, 0.5) is 5.82 Å². The lowest BCUT2D eigenvalue weighted by Gasteiger charge is -2.33. The van der Waals surface area contributed by atoms with Gasteiger partial charge in [0.1, 0.15) is 23.7 Å². The van der Waals surface area contributed by atoms with Crippen molar-refractivity contribution in [1.29, 1.82) is 0 Å². The molecule has 1 saturated heterocycles. The maximum atomic E-state index is 6.19. The molecule has 2 aromatic heterocycles. The smallest absolute Gasteiger partial charge is 0.190 e. The molecule has 2 aliphatic heterocycles. The maximum Gasteiger partial charge on any atom is 0.190 e. The number of nitrogens with one attached hydrogen (secondary N) is 2. The average Bonchev–Trinajstić information content (AvgIpc) is 3.13. The van der Waals surface area contributed by atoms with Gasteiger partial charge in [0.2, 0.25) is 0 Å². The molecule has 4 rings (SSSR count). The van der Waals surface area contributed by atoms with Crippen molar-refractivity contribution in [3.63, 3.8) is 0 Å². The summed E-state index contributed by atoms with van der Waals surface area (Å²) in [7, 11) is 0. The molecular formula is C22H35N4O2S2+. The highest BCUT2D eigenvalue weighted by atomic mass is 32.2. The number of aromatic nitrogens is 2. The first-order valence-corrected chi connectivity index (χ1v) is 13.2. The van der Waals surface area contributed by atoms with Gasteiger partial charge in [-0.1, -0.05) is 25.6 Å². The van der Waals surface area contributed by atoms with Crippen LogP contribution < -0.4 is 10.2 Å². The first kappa shape index (κ1) is 22.3. The van der Waals surface area contributed by atoms with E-state index in [1.807, 2.05) is 0 Å². The number of quaternary nitrogens is 1. The van der Waals surface area contributed by atoms with Crippen LogP contribution in [0.25, 0.3) is 10.2 Å². The van der Waals surface area contributed by atoms with E-state index in [-0.39, 0.29) is 5.60 Å². The van der Waals surface area contributed by atoms with Crippen LogP contribution in [-0.4, -0.2) is 60.7 Å². The number of rotatable bonds is 9. The fraction of sp³-hybridized carbons (Fsp3) is 0.727. The molecule has 1 fully saturated rings. The van der Waals surface area contributed by atoms with Crippen molar-refractivity contribution in [2.24, 2.45) is 0 Å². The number of fused-ring (bicyclic) bond motifs is 3. The minimum atomic E-state index is -0.0897. The SMILES string of the molecule is CCCSc1nc(NCCC[NH+]2CCOCC2)c2c3c(sc2n1)CO[C@](C)(CC)C3. The monoisotopic (exact) mass is 451 g/mol. The molecule has 0 unspecified atom stereocenters. The maximum absolute atomic E-state index is 6.19. The van der Waals surface area contributed by atoms with Crippen LogP contribution in [0.2, 0.25) is 0 Å². The van der Waals surface area contributed by atoms with Crippen molar-refractivity contribution in [2.75, 3.05) is 50.5 Å². The summed E-state index contributed by atoms with van der Waals surface area (Å²) in [6.45, 7) is 13.5. The summed E-state index contributed by atoms with van der Waals surface area (Å²) in [5.74, 6) is 2.07. The molecule has 8 heteroatoms.